The van der Waals surface area contributed by atoms with E-state index in [1.807, 2.05) is 43.3 Å². The van der Waals surface area contributed by atoms with E-state index in [1.54, 1.807) is 12.3 Å². The first-order valence-corrected chi connectivity index (χ1v) is 5.82. The molecule has 0 aliphatic rings. The molecule has 0 amide bonds. The molecule has 2 nitrogen and oxygen atoms in total. The van der Waals surface area contributed by atoms with Gasteiger partial charge in [0.25, 0.3) is 0 Å². The van der Waals surface area contributed by atoms with Crippen LogP contribution < -0.4 is 0 Å². The third kappa shape index (κ3) is 2.30. The number of aryl methyl sites for hydroxylation is 1. The Balaban J connectivity index is 2.33. The van der Waals surface area contributed by atoms with E-state index in [4.69, 9.17) is 0 Å². The van der Waals surface area contributed by atoms with Crippen LogP contribution in [0.3, 0.4) is 0 Å². The molecule has 1 heterocycles. The number of benzene rings is 1. The van der Waals surface area contributed by atoms with Gasteiger partial charge in [-0.2, -0.15) is 0 Å². The van der Waals surface area contributed by atoms with Gasteiger partial charge in [-0.25, -0.2) is 9.19 Å². The summed E-state index contributed by atoms with van der Waals surface area (Å²) in [4.78, 5) is 4.87. The van der Waals surface area contributed by atoms with Gasteiger partial charge in [0.1, 0.15) is 15.8 Å². The van der Waals surface area contributed by atoms with E-state index in [-0.39, 0.29) is 0 Å². The minimum Gasteiger partial charge on any atom is -0.247 e. The fourth-order valence-corrected chi connectivity index (χ4v) is 2.22. The molecule has 0 N–H and O–H groups in total. The van der Waals surface area contributed by atoms with Crippen LogP contribution in [0.15, 0.2) is 58.6 Å². The molecule has 15 heavy (non-hydrogen) atoms. The zero-order chi connectivity index (χ0) is 10.7. The predicted octanol–water partition coefficient (Wildman–Crippen LogP) is 2.56. The summed E-state index contributed by atoms with van der Waals surface area (Å²) in [6.07, 6.45) is 1.65. The molecule has 3 heteroatoms. The summed E-state index contributed by atoms with van der Waals surface area (Å²) in [6, 6.07) is 13.1. The van der Waals surface area contributed by atoms with Crippen molar-refractivity contribution in [2.45, 2.75) is 16.8 Å². The van der Waals surface area contributed by atoms with Gasteiger partial charge in [0.05, 0.1) is 0 Å². The Kier molecular flexibility index (Phi) is 2.92. The van der Waals surface area contributed by atoms with Crippen LogP contribution in [0.5, 0.6) is 0 Å². The molecule has 1 aromatic carbocycles. The molecule has 0 spiro atoms. The first-order valence-electron chi connectivity index (χ1n) is 4.67. The predicted molar refractivity (Wildman–Crippen MR) is 60.1 cm³/mol. The molecule has 1 atom stereocenters. The largest absolute Gasteiger partial charge is 0.247 e. The maximum Gasteiger partial charge on any atom is 0.132 e. The van der Waals surface area contributed by atoms with Crippen LogP contribution >= 0.6 is 0 Å². The van der Waals surface area contributed by atoms with Gasteiger partial charge in [0.15, 0.2) is 0 Å². The van der Waals surface area contributed by atoms with Crippen molar-refractivity contribution in [2.75, 3.05) is 0 Å². The molecule has 2 rings (SSSR count). The first kappa shape index (κ1) is 10.1. The Morgan fingerprint density at radius 1 is 1.07 bits per heavy atom. The zero-order valence-corrected chi connectivity index (χ0v) is 9.20. The molecule has 0 fully saturated rings. The standard InChI is InChI=1S/C12H11NOS/c1-10-5-7-11(8-6-10)15(14)12-4-2-3-9-13-12/h2-9H,1H3. The molecule has 0 aliphatic heterocycles. The fraction of sp³-hybridized carbons (Fsp3) is 0.0833. The van der Waals surface area contributed by atoms with Crippen LogP contribution in [-0.4, -0.2) is 9.19 Å². The van der Waals surface area contributed by atoms with E-state index in [0.29, 0.717) is 5.03 Å². The van der Waals surface area contributed by atoms with E-state index in [2.05, 4.69) is 4.98 Å². The topological polar surface area (TPSA) is 30.0 Å². The highest BCUT2D eigenvalue weighted by molar-refractivity contribution is 7.85. The second-order valence-electron chi connectivity index (χ2n) is 3.25. The Hall–Kier alpha value is -1.48. The lowest BCUT2D eigenvalue weighted by Crippen LogP contribution is -1.95. The summed E-state index contributed by atoms with van der Waals surface area (Å²) >= 11 is 0. The number of hydrogen-bond donors (Lipinski definition) is 0. The van der Waals surface area contributed by atoms with E-state index in [9.17, 15) is 4.21 Å². The van der Waals surface area contributed by atoms with Crippen LogP contribution in [0.25, 0.3) is 0 Å². The molecule has 0 saturated carbocycles. The van der Waals surface area contributed by atoms with Crippen LogP contribution in [-0.2, 0) is 10.8 Å². The third-order valence-corrected chi connectivity index (χ3v) is 3.38. The summed E-state index contributed by atoms with van der Waals surface area (Å²) < 4.78 is 12.0. The smallest absolute Gasteiger partial charge is 0.132 e. The van der Waals surface area contributed by atoms with Gasteiger partial charge in [-0.3, -0.25) is 0 Å². The van der Waals surface area contributed by atoms with E-state index >= 15 is 0 Å². The van der Waals surface area contributed by atoms with Gasteiger partial charge in [-0.1, -0.05) is 23.8 Å². The molecule has 0 bridgehead atoms. The van der Waals surface area contributed by atoms with Gasteiger partial charge in [-0.15, -0.1) is 0 Å². The number of hydrogen-bond acceptors (Lipinski definition) is 2. The fourth-order valence-electron chi connectivity index (χ4n) is 1.24. The van der Waals surface area contributed by atoms with E-state index in [0.717, 1.165) is 10.5 Å². The van der Waals surface area contributed by atoms with Crippen molar-refractivity contribution >= 4 is 10.8 Å². The molecular formula is C12H11NOS. The number of pyridine rings is 1. The van der Waals surface area contributed by atoms with Crippen molar-refractivity contribution < 1.29 is 4.21 Å². The second-order valence-corrected chi connectivity index (χ2v) is 4.68. The van der Waals surface area contributed by atoms with Gasteiger partial charge in [0.2, 0.25) is 0 Å². The Morgan fingerprint density at radius 3 is 2.40 bits per heavy atom. The Bertz CT molecular complexity index is 465. The van der Waals surface area contributed by atoms with Gasteiger partial charge < -0.3 is 0 Å². The average Bonchev–Trinajstić information content (AvgIpc) is 2.30. The summed E-state index contributed by atoms with van der Waals surface area (Å²) in [6.45, 7) is 2.01. The van der Waals surface area contributed by atoms with Crippen molar-refractivity contribution in [1.82, 2.24) is 4.98 Å². The molecule has 0 radical (unpaired) electrons. The minimum atomic E-state index is -1.17. The highest BCUT2D eigenvalue weighted by Crippen LogP contribution is 2.14. The van der Waals surface area contributed by atoms with Gasteiger partial charge >= 0.3 is 0 Å². The van der Waals surface area contributed by atoms with Crippen molar-refractivity contribution in [3.63, 3.8) is 0 Å². The number of aromatic nitrogens is 1. The lowest BCUT2D eigenvalue weighted by Gasteiger charge is -2.01. The van der Waals surface area contributed by atoms with Crippen molar-refractivity contribution in [2.24, 2.45) is 0 Å². The maximum absolute atomic E-state index is 12.0. The van der Waals surface area contributed by atoms with Gasteiger partial charge in [0, 0.05) is 11.1 Å². The third-order valence-electron chi connectivity index (χ3n) is 2.06. The van der Waals surface area contributed by atoms with E-state index < -0.39 is 10.8 Å². The molecule has 1 aromatic heterocycles. The van der Waals surface area contributed by atoms with Crippen LogP contribution in [0, 0.1) is 6.92 Å². The lowest BCUT2D eigenvalue weighted by atomic mass is 10.2. The van der Waals surface area contributed by atoms with E-state index in [1.165, 1.54) is 0 Å². The van der Waals surface area contributed by atoms with Gasteiger partial charge in [-0.05, 0) is 31.2 Å². The SMILES string of the molecule is Cc1ccc(S(=O)c2ccccn2)cc1. The maximum atomic E-state index is 12.0. The average molecular weight is 217 g/mol. The number of rotatable bonds is 2. The Labute approximate surface area is 91.4 Å². The lowest BCUT2D eigenvalue weighted by molar-refractivity contribution is 0.680. The summed E-state index contributed by atoms with van der Waals surface area (Å²) in [7, 11) is -1.17. The Morgan fingerprint density at radius 2 is 1.80 bits per heavy atom. The number of nitrogens with zero attached hydrogens (tertiary/aromatic N) is 1. The normalized spacial score (nSPS) is 12.3. The quantitative estimate of drug-likeness (QED) is 0.773. The molecule has 1 unspecified atom stereocenters. The molecule has 0 saturated heterocycles. The van der Waals surface area contributed by atoms with Crippen LogP contribution in [0.1, 0.15) is 5.56 Å². The highest BCUT2D eigenvalue weighted by Gasteiger charge is 2.06. The summed E-state index contributed by atoms with van der Waals surface area (Å²) in [5.41, 5.74) is 1.16. The van der Waals surface area contributed by atoms with Crippen LogP contribution in [0.4, 0.5) is 0 Å². The summed E-state index contributed by atoms with van der Waals surface area (Å²) in [5, 5.41) is 0.598. The van der Waals surface area contributed by atoms with Crippen molar-refractivity contribution in [1.29, 1.82) is 0 Å². The zero-order valence-electron chi connectivity index (χ0n) is 8.38. The van der Waals surface area contributed by atoms with Crippen molar-refractivity contribution in [3.05, 3.63) is 54.2 Å². The molecule has 0 aliphatic carbocycles. The molecule has 76 valence electrons. The van der Waals surface area contributed by atoms with Crippen LogP contribution in [0.2, 0.25) is 0 Å². The molecular weight excluding hydrogens is 206 g/mol. The monoisotopic (exact) mass is 217 g/mol. The first-order chi connectivity index (χ1) is 7.27. The summed E-state index contributed by atoms with van der Waals surface area (Å²) in [5.74, 6) is 0. The molecule has 2 aromatic rings. The highest BCUT2D eigenvalue weighted by atomic mass is 32.2. The minimum absolute atomic E-state index is 0.598. The van der Waals surface area contributed by atoms with Crippen molar-refractivity contribution in [3.8, 4) is 0 Å². The second kappa shape index (κ2) is 4.36.